The maximum Gasteiger partial charge on any atom is 0.456 e. The molecule has 0 saturated carbocycles. The van der Waals surface area contributed by atoms with Crippen LogP contribution in [0.3, 0.4) is 0 Å². The molecule has 0 N–H and O–H groups in total. The minimum atomic E-state index is -1.69. The Kier molecular flexibility index (Phi) is 4.79. The summed E-state index contributed by atoms with van der Waals surface area (Å²) in [5, 5.41) is 0. The van der Waals surface area contributed by atoms with E-state index in [-0.39, 0.29) is 18.3 Å². The minimum absolute atomic E-state index is 0.119. The van der Waals surface area contributed by atoms with E-state index >= 15 is 0 Å². The summed E-state index contributed by atoms with van der Waals surface area (Å²) in [6.45, 7) is 12.8. The van der Waals surface area contributed by atoms with Crippen molar-refractivity contribution in [1.29, 1.82) is 0 Å². The average Bonchev–Trinajstić information content (AvgIpc) is 2.30. The number of unbranched alkanes of at least 4 members (excludes halogenated alkanes) is 1. The first-order valence-electron chi connectivity index (χ1n) is 6.64. The summed E-state index contributed by atoms with van der Waals surface area (Å²) in [6.07, 6.45) is 2.42. The summed E-state index contributed by atoms with van der Waals surface area (Å²) in [7, 11) is -1.81. The van der Waals surface area contributed by atoms with Gasteiger partial charge in [-0.3, -0.25) is 0 Å². The van der Waals surface area contributed by atoms with Crippen LogP contribution in [0, 0.1) is 0 Å². The van der Waals surface area contributed by atoms with Gasteiger partial charge in [0.05, 0.1) is 11.2 Å². The number of hydrogen-bond donors (Lipinski definition) is 0. The first kappa shape index (κ1) is 15.5. The molecule has 0 aliphatic carbocycles. The van der Waals surface area contributed by atoms with Crippen molar-refractivity contribution in [3.63, 3.8) is 0 Å². The summed E-state index contributed by atoms with van der Waals surface area (Å²) >= 11 is 6.66. The van der Waals surface area contributed by atoms with Crippen LogP contribution in [0.15, 0.2) is 0 Å². The zero-order chi connectivity index (χ0) is 13.3. The monoisotopic (exact) mass is 276 g/mol. The highest BCUT2D eigenvalue weighted by Crippen LogP contribution is 2.39. The molecule has 0 spiro atoms. The molecule has 5 heteroatoms. The quantitative estimate of drug-likeness (QED) is 0.552. The molecule has 1 saturated heterocycles. The molecule has 0 radical (unpaired) electrons. The van der Waals surface area contributed by atoms with Crippen molar-refractivity contribution < 1.29 is 9.31 Å². The highest BCUT2D eigenvalue weighted by molar-refractivity contribution is 7.22. The van der Waals surface area contributed by atoms with Crippen LogP contribution in [0.4, 0.5) is 0 Å². The molecule has 1 unspecified atom stereocenters. The van der Waals surface area contributed by atoms with Gasteiger partial charge in [0.1, 0.15) is 0 Å². The average molecular weight is 277 g/mol. The molecule has 0 aromatic carbocycles. The zero-order valence-corrected chi connectivity index (χ0v) is 13.9. The third-order valence-electron chi connectivity index (χ3n) is 3.95. The SMILES string of the molecule is CCCC[Si](C)(Cl)CB1OC(C)(C)C(C)(C)O1. The van der Waals surface area contributed by atoms with Crippen molar-refractivity contribution in [2.45, 2.75) is 77.2 Å². The fraction of sp³-hybridized carbons (Fsp3) is 1.00. The van der Waals surface area contributed by atoms with Gasteiger partial charge in [0.25, 0.3) is 0 Å². The van der Waals surface area contributed by atoms with E-state index in [0.717, 1.165) is 12.0 Å². The van der Waals surface area contributed by atoms with E-state index < -0.39 is 7.38 Å². The van der Waals surface area contributed by atoms with Crippen LogP contribution >= 0.6 is 11.1 Å². The van der Waals surface area contributed by atoms with Crippen molar-refractivity contribution in [2.75, 3.05) is 0 Å². The second-order valence-electron chi connectivity index (χ2n) is 6.41. The summed E-state index contributed by atoms with van der Waals surface area (Å²) in [5.41, 5.74) is -0.465. The third-order valence-corrected chi connectivity index (χ3v) is 7.56. The molecule has 1 aliphatic rings. The Bertz CT molecular complexity index is 253. The largest absolute Gasteiger partial charge is 0.456 e. The second-order valence-corrected chi connectivity index (χ2v) is 12.9. The van der Waals surface area contributed by atoms with Crippen LogP contribution < -0.4 is 0 Å². The van der Waals surface area contributed by atoms with E-state index in [9.17, 15) is 0 Å². The predicted molar refractivity (Wildman–Crippen MR) is 78.1 cm³/mol. The van der Waals surface area contributed by atoms with Crippen molar-refractivity contribution in [3.8, 4) is 0 Å². The van der Waals surface area contributed by atoms with Crippen LogP contribution in [0.1, 0.15) is 47.5 Å². The van der Waals surface area contributed by atoms with E-state index in [1.54, 1.807) is 0 Å². The van der Waals surface area contributed by atoms with Gasteiger partial charge in [-0.25, -0.2) is 0 Å². The molecule has 1 heterocycles. The van der Waals surface area contributed by atoms with Crippen molar-refractivity contribution in [3.05, 3.63) is 0 Å². The maximum absolute atomic E-state index is 6.66. The Labute approximate surface area is 112 Å². The van der Waals surface area contributed by atoms with Crippen LogP contribution in [0.25, 0.3) is 0 Å². The van der Waals surface area contributed by atoms with E-state index in [2.05, 4.69) is 41.2 Å². The molecule has 0 aromatic heterocycles. The highest BCUT2D eigenvalue weighted by atomic mass is 35.6. The summed E-state index contributed by atoms with van der Waals surface area (Å²) in [6, 6.07) is 1.15. The van der Waals surface area contributed by atoms with Gasteiger partial charge in [-0.15, -0.1) is 0 Å². The Morgan fingerprint density at radius 3 is 2.00 bits per heavy atom. The smallest absolute Gasteiger partial charge is 0.403 e. The molecular weight excluding hydrogens is 250 g/mol. The Hall–Kier alpha value is 0.492. The molecule has 1 fully saturated rings. The number of hydrogen-bond acceptors (Lipinski definition) is 2. The van der Waals surface area contributed by atoms with E-state index in [0.29, 0.717) is 0 Å². The lowest BCUT2D eigenvalue weighted by Gasteiger charge is -2.32. The van der Waals surface area contributed by atoms with Crippen LogP contribution in [0.5, 0.6) is 0 Å². The van der Waals surface area contributed by atoms with Gasteiger partial charge in [-0.05, 0) is 39.7 Å². The lowest BCUT2D eigenvalue weighted by Crippen LogP contribution is -2.41. The van der Waals surface area contributed by atoms with Gasteiger partial charge < -0.3 is 9.31 Å². The molecule has 0 bridgehead atoms. The Morgan fingerprint density at radius 2 is 1.59 bits per heavy atom. The molecule has 1 rings (SSSR count). The molecule has 17 heavy (non-hydrogen) atoms. The van der Waals surface area contributed by atoms with Gasteiger partial charge in [-0.1, -0.05) is 26.3 Å². The molecule has 1 aliphatic heterocycles. The van der Waals surface area contributed by atoms with Crippen molar-refractivity contribution in [2.24, 2.45) is 0 Å². The summed E-state index contributed by atoms with van der Waals surface area (Å²) in [4.78, 5) is 0. The van der Waals surface area contributed by atoms with Crippen LogP contribution in [-0.4, -0.2) is 25.7 Å². The third kappa shape index (κ3) is 3.98. The van der Waals surface area contributed by atoms with Gasteiger partial charge >= 0.3 is 7.12 Å². The summed E-state index contributed by atoms with van der Waals surface area (Å²) < 4.78 is 12.0. The minimum Gasteiger partial charge on any atom is -0.403 e. The highest BCUT2D eigenvalue weighted by Gasteiger charge is 2.52. The van der Waals surface area contributed by atoms with E-state index in [1.165, 1.54) is 12.8 Å². The topological polar surface area (TPSA) is 18.5 Å². The molecule has 0 amide bonds. The van der Waals surface area contributed by atoms with Gasteiger partial charge in [0.15, 0.2) is 7.38 Å². The first-order valence-corrected chi connectivity index (χ1v) is 10.6. The number of halogens is 1. The Balaban J connectivity index is 2.55. The van der Waals surface area contributed by atoms with Crippen molar-refractivity contribution in [1.82, 2.24) is 0 Å². The fourth-order valence-electron chi connectivity index (χ4n) is 2.04. The second kappa shape index (κ2) is 5.24. The van der Waals surface area contributed by atoms with E-state index in [4.69, 9.17) is 20.4 Å². The predicted octanol–water partition coefficient (Wildman–Crippen LogP) is 4.23. The molecule has 0 aromatic rings. The number of rotatable bonds is 5. The van der Waals surface area contributed by atoms with Crippen molar-refractivity contribution >= 4 is 25.6 Å². The van der Waals surface area contributed by atoms with Gasteiger partial charge in [0, 0.05) is 0 Å². The maximum atomic E-state index is 6.66. The van der Waals surface area contributed by atoms with Gasteiger partial charge in [-0.2, -0.15) is 11.1 Å². The van der Waals surface area contributed by atoms with Gasteiger partial charge in [0.2, 0.25) is 0 Å². The molecule has 2 nitrogen and oxygen atoms in total. The molecule has 100 valence electrons. The van der Waals surface area contributed by atoms with Crippen LogP contribution in [0.2, 0.25) is 18.5 Å². The lowest BCUT2D eigenvalue weighted by molar-refractivity contribution is 0.00578. The first-order chi connectivity index (χ1) is 7.60. The summed E-state index contributed by atoms with van der Waals surface area (Å²) in [5.74, 6) is 0.890. The zero-order valence-electron chi connectivity index (χ0n) is 12.1. The molecule has 1 atom stereocenters. The lowest BCUT2D eigenvalue weighted by atomic mass is 9.90. The molecular formula is C12H26BClO2Si. The fourth-order valence-corrected chi connectivity index (χ4v) is 4.98. The Morgan fingerprint density at radius 1 is 1.12 bits per heavy atom. The normalized spacial score (nSPS) is 25.9. The van der Waals surface area contributed by atoms with E-state index in [1.807, 2.05) is 0 Å². The standard InChI is InChI=1S/C12H26BClO2Si/c1-7-8-9-17(6,14)10-13-15-11(2,3)12(4,5)16-13/h7-10H2,1-6H3. The van der Waals surface area contributed by atoms with Crippen LogP contribution in [-0.2, 0) is 9.31 Å².